The third-order valence-corrected chi connectivity index (χ3v) is 4.15. The van der Waals surface area contributed by atoms with Crippen LogP contribution in [0.15, 0.2) is 6.33 Å². The second kappa shape index (κ2) is 4.43. The number of hydrogen-bond acceptors (Lipinski definition) is 4. The molecule has 0 radical (unpaired) electrons. The minimum atomic E-state index is -0.106. The Kier molecular flexibility index (Phi) is 2.58. The highest BCUT2D eigenvalue weighted by atomic mass is 16.2. The van der Waals surface area contributed by atoms with E-state index in [2.05, 4.69) is 25.6 Å². The van der Waals surface area contributed by atoms with Gasteiger partial charge in [-0.05, 0) is 32.1 Å². The van der Waals surface area contributed by atoms with Gasteiger partial charge in [0.25, 0.3) is 5.91 Å². The highest BCUT2D eigenvalue weighted by Gasteiger charge is 2.28. The summed E-state index contributed by atoms with van der Waals surface area (Å²) in [5.74, 6) is 0.739. The predicted molar refractivity (Wildman–Crippen MR) is 70.1 cm³/mol. The van der Waals surface area contributed by atoms with E-state index in [4.69, 9.17) is 0 Å². The van der Waals surface area contributed by atoms with Gasteiger partial charge >= 0.3 is 0 Å². The SMILES string of the molecule is O=C(NC1CCCn2ncnc21)c1n[nH]c2c1CCC2. The van der Waals surface area contributed by atoms with Crippen molar-refractivity contribution in [3.63, 3.8) is 0 Å². The summed E-state index contributed by atoms with van der Waals surface area (Å²) in [6.45, 7) is 0.875. The average molecular weight is 272 g/mol. The highest BCUT2D eigenvalue weighted by Crippen LogP contribution is 2.25. The van der Waals surface area contributed by atoms with Gasteiger partial charge in [-0.15, -0.1) is 0 Å². The molecule has 2 N–H and O–H groups in total. The van der Waals surface area contributed by atoms with Crippen molar-refractivity contribution in [3.8, 4) is 0 Å². The van der Waals surface area contributed by atoms with Crippen LogP contribution >= 0.6 is 0 Å². The standard InChI is InChI=1S/C13H16N6O/c20-13(11-8-3-1-4-9(8)17-18-11)16-10-5-2-6-19-12(10)14-7-15-19/h7,10H,1-6H2,(H,16,20)(H,17,18). The summed E-state index contributed by atoms with van der Waals surface area (Å²) in [6.07, 6.45) is 6.48. The Morgan fingerprint density at radius 3 is 3.30 bits per heavy atom. The number of nitrogens with zero attached hydrogens (tertiary/aromatic N) is 4. The van der Waals surface area contributed by atoms with Gasteiger partial charge in [0.15, 0.2) is 5.69 Å². The lowest BCUT2D eigenvalue weighted by Gasteiger charge is -2.22. The molecule has 2 aromatic rings. The molecule has 3 heterocycles. The summed E-state index contributed by atoms with van der Waals surface area (Å²) in [7, 11) is 0. The predicted octanol–water partition coefficient (Wildman–Crippen LogP) is 0.755. The first-order valence-corrected chi connectivity index (χ1v) is 7.07. The van der Waals surface area contributed by atoms with E-state index in [1.54, 1.807) is 6.33 Å². The first-order chi connectivity index (χ1) is 9.83. The average Bonchev–Trinajstić information content (AvgIpc) is 3.14. The third kappa shape index (κ3) is 1.73. The van der Waals surface area contributed by atoms with Crippen LogP contribution in [0.5, 0.6) is 0 Å². The molecule has 104 valence electrons. The van der Waals surface area contributed by atoms with Crippen LogP contribution in [0.4, 0.5) is 0 Å². The Balaban J connectivity index is 1.57. The number of rotatable bonds is 2. The smallest absolute Gasteiger partial charge is 0.272 e. The number of carbonyl (C=O) groups is 1. The van der Waals surface area contributed by atoms with Crippen LogP contribution in [0.25, 0.3) is 0 Å². The van der Waals surface area contributed by atoms with Gasteiger partial charge < -0.3 is 5.32 Å². The Bertz CT molecular complexity index is 658. The zero-order valence-corrected chi connectivity index (χ0v) is 11.1. The van der Waals surface area contributed by atoms with E-state index in [0.717, 1.165) is 55.7 Å². The van der Waals surface area contributed by atoms with Crippen molar-refractivity contribution in [2.24, 2.45) is 0 Å². The maximum absolute atomic E-state index is 12.4. The molecular weight excluding hydrogens is 256 g/mol. The fraction of sp³-hybridized carbons (Fsp3) is 0.538. The maximum Gasteiger partial charge on any atom is 0.272 e. The van der Waals surface area contributed by atoms with E-state index < -0.39 is 0 Å². The molecular formula is C13H16N6O. The van der Waals surface area contributed by atoms with Gasteiger partial charge in [-0.3, -0.25) is 9.89 Å². The van der Waals surface area contributed by atoms with E-state index in [1.807, 2.05) is 4.68 Å². The number of amides is 1. The number of aromatic nitrogens is 5. The van der Waals surface area contributed by atoms with E-state index in [1.165, 1.54) is 0 Å². The van der Waals surface area contributed by atoms with E-state index in [0.29, 0.717) is 5.69 Å². The Morgan fingerprint density at radius 1 is 1.40 bits per heavy atom. The van der Waals surface area contributed by atoms with E-state index in [-0.39, 0.29) is 11.9 Å². The number of H-pyrrole nitrogens is 1. The Labute approximate surface area is 115 Å². The minimum absolute atomic E-state index is 0.0625. The summed E-state index contributed by atoms with van der Waals surface area (Å²) in [5, 5.41) is 14.4. The second-order valence-corrected chi connectivity index (χ2v) is 5.39. The lowest BCUT2D eigenvalue weighted by Crippen LogP contribution is -2.33. The molecule has 2 aliphatic rings. The number of hydrogen-bond donors (Lipinski definition) is 2. The molecule has 2 aromatic heterocycles. The van der Waals surface area contributed by atoms with Crippen molar-refractivity contribution in [1.82, 2.24) is 30.3 Å². The zero-order valence-electron chi connectivity index (χ0n) is 11.1. The highest BCUT2D eigenvalue weighted by molar-refractivity contribution is 5.94. The largest absolute Gasteiger partial charge is 0.341 e. The van der Waals surface area contributed by atoms with Crippen molar-refractivity contribution < 1.29 is 4.79 Å². The van der Waals surface area contributed by atoms with Crippen LogP contribution in [0.3, 0.4) is 0 Å². The van der Waals surface area contributed by atoms with Crippen molar-refractivity contribution in [1.29, 1.82) is 0 Å². The first-order valence-electron chi connectivity index (χ1n) is 7.07. The van der Waals surface area contributed by atoms with Gasteiger partial charge in [0, 0.05) is 17.8 Å². The molecule has 0 spiro atoms. The summed E-state index contributed by atoms with van der Waals surface area (Å²) in [6, 6.07) is -0.0625. The monoisotopic (exact) mass is 272 g/mol. The van der Waals surface area contributed by atoms with Gasteiger partial charge in [0.2, 0.25) is 0 Å². The first kappa shape index (κ1) is 11.6. The van der Waals surface area contributed by atoms with Crippen molar-refractivity contribution >= 4 is 5.91 Å². The maximum atomic E-state index is 12.4. The molecule has 1 amide bonds. The number of aryl methyl sites for hydroxylation is 2. The summed E-state index contributed by atoms with van der Waals surface area (Å²) >= 11 is 0. The quantitative estimate of drug-likeness (QED) is 0.844. The van der Waals surface area contributed by atoms with Gasteiger partial charge in [-0.2, -0.15) is 10.2 Å². The Hall–Kier alpha value is -2.18. The molecule has 20 heavy (non-hydrogen) atoms. The molecule has 1 aliphatic heterocycles. The molecule has 0 saturated heterocycles. The molecule has 0 fully saturated rings. The lowest BCUT2D eigenvalue weighted by atomic mass is 10.1. The molecule has 1 aliphatic carbocycles. The van der Waals surface area contributed by atoms with Gasteiger partial charge in [-0.25, -0.2) is 9.67 Å². The minimum Gasteiger partial charge on any atom is -0.341 e. The molecule has 0 saturated carbocycles. The second-order valence-electron chi connectivity index (χ2n) is 5.39. The fourth-order valence-corrected chi connectivity index (χ4v) is 3.16. The van der Waals surface area contributed by atoms with Crippen LogP contribution in [0, 0.1) is 0 Å². The Morgan fingerprint density at radius 2 is 2.35 bits per heavy atom. The van der Waals surface area contributed by atoms with Crippen LogP contribution in [0.2, 0.25) is 0 Å². The van der Waals surface area contributed by atoms with Gasteiger partial charge in [0.05, 0.1) is 6.04 Å². The molecule has 1 unspecified atom stereocenters. The third-order valence-electron chi connectivity index (χ3n) is 4.15. The number of fused-ring (bicyclic) bond motifs is 2. The lowest BCUT2D eigenvalue weighted by molar-refractivity contribution is 0.0921. The topological polar surface area (TPSA) is 88.5 Å². The van der Waals surface area contributed by atoms with Crippen molar-refractivity contribution in [2.45, 2.75) is 44.7 Å². The number of nitrogens with one attached hydrogen (secondary N) is 2. The van der Waals surface area contributed by atoms with Crippen LogP contribution in [0.1, 0.15) is 52.9 Å². The van der Waals surface area contributed by atoms with E-state index >= 15 is 0 Å². The van der Waals surface area contributed by atoms with Gasteiger partial charge in [-0.1, -0.05) is 0 Å². The van der Waals surface area contributed by atoms with Crippen molar-refractivity contribution in [2.75, 3.05) is 0 Å². The number of carbonyl (C=O) groups excluding carboxylic acids is 1. The normalized spacial score (nSPS) is 20.5. The molecule has 7 heteroatoms. The summed E-state index contributed by atoms with van der Waals surface area (Å²) < 4.78 is 1.86. The van der Waals surface area contributed by atoms with Crippen molar-refractivity contribution in [3.05, 3.63) is 29.1 Å². The molecule has 4 rings (SSSR count). The van der Waals surface area contributed by atoms with E-state index in [9.17, 15) is 4.79 Å². The molecule has 0 bridgehead atoms. The zero-order chi connectivity index (χ0) is 13.5. The number of aromatic amines is 1. The van der Waals surface area contributed by atoms with Crippen LogP contribution < -0.4 is 5.32 Å². The fourth-order valence-electron chi connectivity index (χ4n) is 3.16. The van der Waals surface area contributed by atoms with Gasteiger partial charge in [0.1, 0.15) is 12.2 Å². The summed E-state index contributed by atoms with van der Waals surface area (Å²) in [4.78, 5) is 16.7. The summed E-state index contributed by atoms with van der Waals surface area (Å²) in [5.41, 5.74) is 2.75. The molecule has 7 nitrogen and oxygen atoms in total. The molecule has 1 atom stereocenters. The molecule has 0 aromatic carbocycles. The van der Waals surface area contributed by atoms with Crippen LogP contribution in [-0.4, -0.2) is 30.9 Å². The van der Waals surface area contributed by atoms with Crippen LogP contribution in [-0.2, 0) is 19.4 Å².